The molecule has 0 aromatic heterocycles. The molecule has 1 fully saturated rings. The fourth-order valence-electron chi connectivity index (χ4n) is 0.953. The van der Waals surface area contributed by atoms with E-state index in [-0.39, 0.29) is 24.0 Å². The average Bonchev–Trinajstić information content (AvgIpc) is 2.47. The molecule has 2 atom stereocenters. The third-order valence-electron chi connectivity index (χ3n) is 1.44. The molecule has 6 heteroatoms. The molecule has 0 amide bonds. The van der Waals surface area contributed by atoms with Crippen molar-refractivity contribution in [1.29, 1.82) is 0 Å². The highest BCUT2D eigenvalue weighted by Crippen LogP contribution is 2.25. The van der Waals surface area contributed by atoms with Gasteiger partial charge in [0.05, 0.1) is 5.75 Å². The van der Waals surface area contributed by atoms with Crippen molar-refractivity contribution in [2.75, 3.05) is 12.4 Å². The Bertz CT molecular complexity index is 230. The van der Waals surface area contributed by atoms with Gasteiger partial charge in [0.15, 0.2) is 0 Å². The zero-order valence-electron chi connectivity index (χ0n) is 8.02. The highest BCUT2D eigenvalue weighted by atomic mass is 32.2. The summed E-state index contributed by atoms with van der Waals surface area (Å²) in [7, 11) is 0. The zero-order chi connectivity index (χ0) is 10.6. The Balaban J connectivity index is 2.20. The van der Waals surface area contributed by atoms with E-state index >= 15 is 0 Å². The number of ether oxygens (including phenoxy) is 3. The number of carbonyl (C=O) groups is 2. The van der Waals surface area contributed by atoms with Gasteiger partial charge >= 0.3 is 11.9 Å². The predicted molar refractivity (Wildman–Crippen MR) is 49.5 cm³/mol. The molecule has 1 saturated heterocycles. The lowest BCUT2D eigenvalue weighted by Gasteiger charge is -2.11. The molecule has 5 nitrogen and oxygen atoms in total. The van der Waals surface area contributed by atoms with Gasteiger partial charge in [-0.1, -0.05) is 0 Å². The molecule has 1 rings (SSSR count). The summed E-state index contributed by atoms with van der Waals surface area (Å²) < 4.78 is 14.8. The Morgan fingerprint density at radius 2 is 2.14 bits per heavy atom. The normalized spacial score (nSPS) is 25.9. The summed E-state index contributed by atoms with van der Waals surface area (Å²) in [5, 5.41) is 0. The van der Waals surface area contributed by atoms with Crippen LogP contribution in [0.25, 0.3) is 0 Å². The van der Waals surface area contributed by atoms with Crippen molar-refractivity contribution in [3.8, 4) is 0 Å². The Kier molecular flexibility index (Phi) is 4.21. The van der Waals surface area contributed by atoms with Gasteiger partial charge in [0, 0.05) is 13.8 Å². The summed E-state index contributed by atoms with van der Waals surface area (Å²) in [6, 6.07) is 0. The molecule has 1 unspecified atom stereocenters. The summed E-state index contributed by atoms with van der Waals surface area (Å²) >= 11 is 1.46. The number of hydrogen-bond acceptors (Lipinski definition) is 6. The van der Waals surface area contributed by atoms with Crippen LogP contribution in [0.3, 0.4) is 0 Å². The molecule has 14 heavy (non-hydrogen) atoms. The van der Waals surface area contributed by atoms with Crippen LogP contribution in [0.4, 0.5) is 0 Å². The summed E-state index contributed by atoms with van der Waals surface area (Å²) in [5.74, 6) is -0.139. The van der Waals surface area contributed by atoms with E-state index in [1.54, 1.807) is 0 Å². The molecule has 0 spiro atoms. The van der Waals surface area contributed by atoms with Crippen molar-refractivity contribution in [1.82, 2.24) is 0 Å². The van der Waals surface area contributed by atoms with Gasteiger partial charge in [-0.15, -0.1) is 11.8 Å². The molecule has 1 heterocycles. The molecule has 0 N–H and O–H groups in total. The van der Waals surface area contributed by atoms with Gasteiger partial charge in [-0.2, -0.15) is 0 Å². The maximum atomic E-state index is 10.6. The van der Waals surface area contributed by atoms with Crippen molar-refractivity contribution >= 4 is 23.7 Å². The maximum Gasteiger partial charge on any atom is 0.304 e. The van der Waals surface area contributed by atoms with Gasteiger partial charge in [0.25, 0.3) is 0 Å². The predicted octanol–water partition coefficient (Wildman–Crippen LogP) is 0.528. The first-order valence-electron chi connectivity index (χ1n) is 4.15. The fraction of sp³-hybridized carbons (Fsp3) is 0.750. The van der Waals surface area contributed by atoms with Crippen LogP contribution in [-0.2, 0) is 23.8 Å². The maximum absolute atomic E-state index is 10.6. The van der Waals surface area contributed by atoms with Crippen LogP contribution in [0.15, 0.2) is 0 Å². The molecule has 0 saturated carbocycles. The van der Waals surface area contributed by atoms with Crippen LogP contribution in [0, 0.1) is 0 Å². The van der Waals surface area contributed by atoms with Crippen LogP contribution >= 0.6 is 11.8 Å². The molecule has 1 aliphatic heterocycles. The Labute approximate surface area is 86.1 Å². The SMILES string of the molecule is CC(=O)OC[C@@H]1OC(OC(C)=O)CS1. The molecule has 0 aromatic rings. The van der Waals surface area contributed by atoms with Crippen LogP contribution in [0.2, 0.25) is 0 Å². The lowest BCUT2D eigenvalue weighted by atomic mass is 10.7. The van der Waals surface area contributed by atoms with E-state index in [9.17, 15) is 9.59 Å². The Hall–Kier alpha value is -0.750. The first-order chi connectivity index (χ1) is 6.58. The topological polar surface area (TPSA) is 61.8 Å². The van der Waals surface area contributed by atoms with E-state index in [1.807, 2.05) is 0 Å². The van der Waals surface area contributed by atoms with E-state index in [4.69, 9.17) is 14.2 Å². The van der Waals surface area contributed by atoms with Crippen molar-refractivity contribution < 1.29 is 23.8 Å². The van der Waals surface area contributed by atoms with Crippen LogP contribution < -0.4 is 0 Å². The van der Waals surface area contributed by atoms with Crippen LogP contribution in [0.1, 0.15) is 13.8 Å². The van der Waals surface area contributed by atoms with E-state index < -0.39 is 6.29 Å². The molecule has 0 aliphatic carbocycles. The molecule has 0 radical (unpaired) electrons. The largest absolute Gasteiger partial charge is 0.462 e. The third kappa shape index (κ3) is 3.97. The first-order valence-corrected chi connectivity index (χ1v) is 5.20. The molecular formula is C8H12O5S. The molecule has 80 valence electrons. The van der Waals surface area contributed by atoms with E-state index in [2.05, 4.69) is 0 Å². The minimum Gasteiger partial charge on any atom is -0.462 e. The minimum absolute atomic E-state index is 0.192. The summed E-state index contributed by atoms with van der Waals surface area (Å²) in [6.07, 6.45) is -0.516. The van der Waals surface area contributed by atoms with E-state index in [0.717, 1.165) is 0 Å². The van der Waals surface area contributed by atoms with Gasteiger partial charge in [-0.3, -0.25) is 9.59 Å². The highest BCUT2D eigenvalue weighted by Gasteiger charge is 2.28. The number of rotatable bonds is 3. The standard InChI is InChI=1S/C8H12O5S/c1-5(9)11-3-8-13-7(4-14-8)12-6(2)10/h7-8H,3-4H2,1-2H3/t7?,8-/m1/s1. The van der Waals surface area contributed by atoms with Gasteiger partial charge in [-0.05, 0) is 0 Å². The second-order valence-electron chi connectivity index (χ2n) is 2.74. The van der Waals surface area contributed by atoms with Gasteiger partial charge in [0.2, 0.25) is 6.29 Å². The van der Waals surface area contributed by atoms with E-state index in [0.29, 0.717) is 5.75 Å². The molecular weight excluding hydrogens is 208 g/mol. The number of thioether (sulfide) groups is 1. The number of hydrogen-bond donors (Lipinski definition) is 0. The molecule has 0 bridgehead atoms. The van der Waals surface area contributed by atoms with Crippen LogP contribution in [0.5, 0.6) is 0 Å². The summed E-state index contributed by atoms with van der Waals surface area (Å²) in [5.41, 5.74) is -0.233. The second-order valence-corrected chi connectivity index (χ2v) is 3.93. The Morgan fingerprint density at radius 3 is 2.71 bits per heavy atom. The van der Waals surface area contributed by atoms with Gasteiger partial charge < -0.3 is 14.2 Å². The average molecular weight is 220 g/mol. The van der Waals surface area contributed by atoms with Crippen LogP contribution in [-0.4, -0.2) is 36.0 Å². The Morgan fingerprint density at radius 1 is 1.43 bits per heavy atom. The minimum atomic E-state index is -0.516. The highest BCUT2D eigenvalue weighted by molar-refractivity contribution is 8.00. The summed E-state index contributed by atoms with van der Waals surface area (Å²) in [6.45, 7) is 2.86. The first kappa shape index (κ1) is 11.3. The van der Waals surface area contributed by atoms with Crippen molar-refractivity contribution in [2.45, 2.75) is 25.6 Å². The lowest BCUT2D eigenvalue weighted by molar-refractivity contribution is -0.174. The zero-order valence-corrected chi connectivity index (χ0v) is 8.83. The molecule has 1 aliphatic rings. The monoisotopic (exact) mass is 220 g/mol. The summed E-state index contributed by atoms with van der Waals surface area (Å²) in [4.78, 5) is 21.1. The smallest absolute Gasteiger partial charge is 0.304 e. The van der Waals surface area contributed by atoms with Gasteiger partial charge in [-0.25, -0.2) is 0 Å². The van der Waals surface area contributed by atoms with Crippen molar-refractivity contribution in [3.63, 3.8) is 0 Å². The fourth-order valence-corrected chi connectivity index (χ4v) is 1.84. The van der Waals surface area contributed by atoms with Crippen molar-refractivity contribution in [2.24, 2.45) is 0 Å². The quantitative estimate of drug-likeness (QED) is 0.646. The van der Waals surface area contributed by atoms with E-state index in [1.165, 1.54) is 25.6 Å². The second kappa shape index (κ2) is 5.21. The number of esters is 2. The molecule has 0 aromatic carbocycles. The third-order valence-corrected chi connectivity index (χ3v) is 2.53. The van der Waals surface area contributed by atoms with Gasteiger partial charge in [0.1, 0.15) is 12.0 Å². The lowest BCUT2D eigenvalue weighted by Crippen LogP contribution is -2.21. The number of carbonyl (C=O) groups excluding carboxylic acids is 2. The van der Waals surface area contributed by atoms with Crippen molar-refractivity contribution in [3.05, 3.63) is 0 Å².